The highest BCUT2D eigenvalue weighted by molar-refractivity contribution is 5.69. The lowest BCUT2D eigenvalue weighted by Crippen LogP contribution is -2.40. The van der Waals surface area contributed by atoms with E-state index in [2.05, 4.69) is 44.6 Å². The predicted molar refractivity (Wildman–Crippen MR) is 113 cm³/mol. The Morgan fingerprint density at radius 3 is 2.48 bits per heavy atom. The summed E-state index contributed by atoms with van der Waals surface area (Å²) in [6, 6.07) is 0.0571. The summed E-state index contributed by atoms with van der Waals surface area (Å²) in [6.45, 7) is 9.71. The lowest BCUT2D eigenvalue weighted by atomic mass is 10.2. The van der Waals surface area contributed by atoms with E-state index in [4.69, 9.17) is 0 Å². The number of rotatable bonds is 10. The largest absolute Gasteiger partial charge is 0.352 e. The Hall–Kier alpha value is -2.33. The molecule has 1 fully saturated rings. The van der Waals surface area contributed by atoms with Crippen LogP contribution in [0, 0.1) is 0 Å². The summed E-state index contributed by atoms with van der Waals surface area (Å²) in [5.41, 5.74) is -0.308. The third-order valence-electron chi connectivity index (χ3n) is 5.67. The van der Waals surface area contributed by atoms with E-state index >= 15 is 0 Å². The van der Waals surface area contributed by atoms with Gasteiger partial charge >= 0.3 is 5.69 Å². The van der Waals surface area contributed by atoms with Crippen molar-refractivity contribution in [2.24, 2.45) is 7.05 Å². The molecule has 160 valence electrons. The van der Waals surface area contributed by atoms with Gasteiger partial charge in [-0.2, -0.15) is 0 Å². The van der Waals surface area contributed by atoms with E-state index in [0.717, 1.165) is 63.0 Å². The van der Waals surface area contributed by atoms with Crippen molar-refractivity contribution >= 4 is 17.1 Å². The molecule has 2 heterocycles. The molecule has 0 aromatic carbocycles. The molecular weight excluding hydrogens is 372 g/mol. The lowest BCUT2D eigenvalue weighted by Gasteiger charge is -2.18. The van der Waals surface area contributed by atoms with Crippen LogP contribution in [0.2, 0.25) is 0 Å². The molecule has 0 spiro atoms. The minimum Gasteiger partial charge on any atom is -0.352 e. The van der Waals surface area contributed by atoms with Gasteiger partial charge in [-0.05, 0) is 25.9 Å². The SMILES string of the molecule is CCN(CC)CCNCCNc1nnc2c(n1)c(=O)n(C)c(=O)n2C1CCCC1. The minimum atomic E-state index is -0.436. The second kappa shape index (κ2) is 9.93. The zero-order valence-corrected chi connectivity index (χ0v) is 17.6. The van der Waals surface area contributed by atoms with Crippen LogP contribution in [-0.2, 0) is 7.05 Å². The molecule has 0 atom stereocenters. The highest BCUT2D eigenvalue weighted by Gasteiger charge is 2.24. The van der Waals surface area contributed by atoms with Gasteiger partial charge in [0.05, 0.1) is 0 Å². The Balaban J connectivity index is 1.68. The summed E-state index contributed by atoms with van der Waals surface area (Å²) in [4.78, 5) is 31.9. The maximum Gasteiger partial charge on any atom is 0.332 e. The molecule has 10 heteroatoms. The van der Waals surface area contributed by atoms with Gasteiger partial charge in [0.25, 0.3) is 5.56 Å². The Labute approximate surface area is 170 Å². The fourth-order valence-corrected chi connectivity index (χ4v) is 3.86. The Bertz CT molecular complexity index is 928. The first kappa shape index (κ1) is 21.4. The molecule has 10 nitrogen and oxygen atoms in total. The molecular formula is C19H32N8O2. The maximum atomic E-state index is 12.6. The molecule has 2 aromatic rings. The monoisotopic (exact) mass is 404 g/mol. The van der Waals surface area contributed by atoms with Gasteiger partial charge in [-0.3, -0.25) is 13.9 Å². The number of hydrogen-bond donors (Lipinski definition) is 2. The van der Waals surface area contributed by atoms with Crippen LogP contribution in [0.4, 0.5) is 5.95 Å². The second-order valence-electron chi connectivity index (χ2n) is 7.47. The summed E-state index contributed by atoms with van der Waals surface area (Å²) in [5.74, 6) is 0.303. The summed E-state index contributed by atoms with van der Waals surface area (Å²) < 4.78 is 2.72. The van der Waals surface area contributed by atoms with Crippen molar-refractivity contribution in [2.45, 2.75) is 45.6 Å². The van der Waals surface area contributed by atoms with Gasteiger partial charge in [0.15, 0.2) is 11.2 Å². The first-order valence-corrected chi connectivity index (χ1v) is 10.6. The molecule has 0 aliphatic heterocycles. The van der Waals surface area contributed by atoms with Crippen molar-refractivity contribution < 1.29 is 0 Å². The van der Waals surface area contributed by atoms with E-state index in [-0.39, 0.29) is 22.9 Å². The van der Waals surface area contributed by atoms with Crippen molar-refractivity contribution in [1.29, 1.82) is 0 Å². The summed E-state index contributed by atoms with van der Waals surface area (Å²) in [7, 11) is 1.49. The molecule has 2 aromatic heterocycles. The van der Waals surface area contributed by atoms with Crippen molar-refractivity contribution in [2.75, 3.05) is 44.6 Å². The Morgan fingerprint density at radius 1 is 1.07 bits per heavy atom. The van der Waals surface area contributed by atoms with Gasteiger partial charge in [-0.15, -0.1) is 10.2 Å². The molecule has 0 radical (unpaired) electrons. The molecule has 3 rings (SSSR count). The van der Waals surface area contributed by atoms with Gasteiger partial charge in [0, 0.05) is 39.3 Å². The van der Waals surface area contributed by atoms with E-state index in [1.165, 1.54) is 7.05 Å². The molecule has 1 aliphatic carbocycles. The van der Waals surface area contributed by atoms with Crippen molar-refractivity contribution in [3.8, 4) is 0 Å². The van der Waals surface area contributed by atoms with Crippen LogP contribution in [-0.4, -0.2) is 68.5 Å². The number of aromatic nitrogens is 5. The van der Waals surface area contributed by atoms with Crippen LogP contribution in [0.5, 0.6) is 0 Å². The van der Waals surface area contributed by atoms with Gasteiger partial charge in [-0.1, -0.05) is 26.7 Å². The van der Waals surface area contributed by atoms with Crippen molar-refractivity contribution in [1.82, 2.24) is 34.5 Å². The molecule has 1 aliphatic rings. The zero-order chi connectivity index (χ0) is 20.8. The Morgan fingerprint density at radius 2 is 1.79 bits per heavy atom. The van der Waals surface area contributed by atoms with Gasteiger partial charge in [0.2, 0.25) is 5.95 Å². The van der Waals surface area contributed by atoms with E-state index in [0.29, 0.717) is 12.5 Å². The molecule has 0 unspecified atom stereocenters. The number of fused-ring (bicyclic) bond motifs is 1. The number of likely N-dealkylation sites (N-methyl/N-ethyl adjacent to an activating group) is 1. The van der Waals surface area contributed by atoms with Crippen LogP contribution < -0.4 is 21.9 Å². The summed E-state index contributed by atoms with van der Waals surface area (Å²) in [6.07, 6.45) is 3.97. The van der Waals surface area contributed by atoms with E-state index < -0.39 is 5.56 Å². The summed E-state index contributed by atoms with van der Waals surface area (Å²) in [5, 5.41) is 14.8. The van der Waals surface area contributed by atoms with Crippen LogP contribution >= 0.6 is 0 Å². The average Bonchev–Trinajstić information content (AvgIpc) is 3.26. The lowest BCUT2D eigenvalue weighted by molar-refractivity contribution is 0.303. The van der Waals surface area contributed by atoms with E-state index in [1.54, 1.807) is 4.57 Å². The van der Waals surface area contributed by atoms with Crippen LogP contribution in [0.15, 0.2) is 9.59 Å². The summed E-state index contributed by atoms with van der Waals surface area (Å²) >= 11 is 0. The standard InChI is InChI=1S/C19H32N8O2/c1-4-26(5-2)13-12-20-10-11-21-18-22-15-16(23-24-18)27(14-8-6-7-9-14)19(29)25(3)17(15)28/h14,20H,4-13H2,1-3H3,(H,21,22,24). The van der Waals surface area contributed by atoms with Crippen molar-refractivity contribution in [3.05, 3.63) is 20.8 Å². The normalized spacial score (nSPS) is 14.9. The maximum absolute atomic E-state index is 12.6. The average molecular weight is 405 g/mol. The topological polar surface area (TPSA) is 110 Å². The minimum absolute atomic E-state index is 0.0571. The molecule has 1 saturated carbocycles. The first-order chi connectivity index (χ1) is 14.1. The molecule has 2 N–H and O–H groups in total. The van der Waals surface area contributed by atoms with Crippen LogP contribution in [0.3, 0.4) is 0 Å². The number of nitrogens with zero attached hydrogens (tertiary/aromatic N) is 6. The van der Waals surface area contributed by atoms with Gasteiger partial charge in [0.1, 0.15) is 0 Å². The first-order valence-electron chi connectivity index (χ1n) is 10.6. The fraction of sp³-hybridized carbons (Fsp3) is 0.737. The highest BCUT2D eigenvalue weighted by Crippen LogP contribution is 2.29. The third-order valence-corrected chi connectivity index (χ3v) is 5.67. The fourth-order valence-electron chi connectivity index (χ4n) is 3.86. The predicted octanol–water partition coefficient (Wildman–Crippen LogP) is 0.344. The molecule has 0 saturated heterocycles. The smallest absolute Gasteiger partial charge is 0.332 e. The number of nitrogens with one attached hydrogen (secondary N) is 2. The van der Waals surface area contributed by atoms with Crippen LogP contribution in [0.1, 0.15) is 45.6 Å². The van der Waals surface area contributed by atoms with Gasteiger partial charge in [-0.25, -0.2) is 9.78 Å². The third kappa shape index (κ3) is 4.81. The van der Waals surface area contributed by atoms with Crippen molar-refractivity contribution in [3.63, 3.8) is 0 Å². The second-order valence-corrected chi connectivity index (χ2v) is 7.47. The highest BCUT2D eigenvalue weighted by atomic mass is 16.2. The zero-order valence-electron chi connectivity index (χ0n) is 17.6. The van der Waals surface area contributed by atoms with Crippen LogP contribution in [0.25, 0.3) is 11.2 Å². The van der Waals surface area contributed by atoms with E-state index in [1.807, 2.05) is 0 Å². The van der Waals surface area contributed by atoms with E-state index in [9.17, 15) is 9.59 Å². The quantitative estimate of drug-likeness (QED) is 0.546. The molecule has 29 heavy (non-hydrogen) atoms. The molecule has 0 bridgehead atoms. The number of anilines is 1. The number of hydrogen-bond acceptors (Lipinski definition) is 8. The van der Waals surface area contributed by atoms with Gasteiger partial charge < -0.3 is 15.5 Å². The Kier molecular flexibility index (Phi) is 7.32. The molecule has 0 amide bonds.